The summed E-state index contributed by atoms with van der Waals surface area (Å²) in [5, 5.41) is 13.3. The number of rotatable bonds is 9. The molecule has 0 saturated heterocycles. The van der Waals surface area contributed by atoms with Gasteiger partial charge in [-0.05, 0) is 83.8 Å². The molecule has 2 aliphatic carbocycles. The molecule has 1 saturated carbocycles. The molecule has 2 N–H and O–H groups in total. The maximum absolute atomic E-state index is 12.1. The summed E-state index contributed by atoms with van der Waals surface area (Å²) in [7, 11) is 3.32. The SMILES string of the molecule is COc1cc(-c2ccc(NC3(C(=O)O)CC(OC)C3)cc2COC2Cc3ccccc3C2)cc(C)c1C. The standard InChI is InChI=1S/C31H35NO5/c1-19-11-23(15-29(36-4)20(19)2)28-10-9-25(32-31(30(33)34)16-27(17-31)35-3)12-24(28)18-37-26-13-21-7-5-6-8-22(21)14-26/h5-12,15,26-27,32H,13-14,16-18H2,1-4H3,(H,33,34). The summed E-state index contributed by atoms with van der Waals surface area (Å²) < 4.78 is 17.5. The molecule has 3 aromatic carbocycles. The van der Waals surface area contributed by atoms with Crippen molar-refractivity contribution in [2.75, 3.05) is 19.5 Å². The lowest BCUT2D eigenvalue weighted by Gasteiger charge is -2.44. The number of carboxylic acids is 1. The van der Waals surface area contributed by atoms with Gasteiger partial charge >= 0.3 is 5.97 Å². The maximum Gasteiger partial charge on any atom is 0.329 e. The third-order valence-corrected chi connectivity index (χ3v) is 8.02. The van der Waals surface area contributed by atoms with E-state index in [2.05, 4.69) is 61.6 Å². The normalized spacial score (nSPS) is 20.8. The first-order valence-corrected chi connectivity index (χ1v) is 12.8. The highest BCUT2D eigenvalue weighted by atomic mass is 16.5. The number of nitrogens with one attached hydrogen (secondary N) is 1. The number of aliphatic carboxylic acids is 1. The molecule has 194 valence electrons. The summed E-state index contributed by atoms with van der Waals surface area (Å²) in [6.45, 7) is 4.58. The van der Waals surface area contributed by atoms with Gasteiger partial charge in [-0.15, -0.1) is 0 Å². The van der Waals surface area contributed by atoms with E-state index in [0.717, 1.165) is 52.1 Å². The van der Waals surface area contributed by atoms with Crippen LogP contribution in [-0.2, 0) is 33.7 Å². The highest BCUT2D eigenvalue weighted by Gasteiger charge is 2.51. The molecule has 0 unspecified atom stereocenters. The highest BCUT2D eigenvalue weighted by Crippen LogP contribution is 2.39. The predicted molar refractivity (Wildman–Crippen MR) is 144 cm³/mol. The van der Waals surface area contributed by atoms with Gasteiger partial charge < -0.3 is 24.6 Å². The molecule has 0 radical (unpaired) electrons. The molecule has 6 heteroatoms. The minimum atomic E-state index is -1.02. The molecule has 3 aromatic rings. The molecule has 0 aromatic heterocycles. The molecule has 0 spiro atoms. The minimum Gasteiger partial charge on any atom is -0.496 e. The molecular formula is C31H35NO5. The summed E-state index contributed by atoms with van der Waals surface area (Å²) in [6, 6.07) is 18.8. The van der Waals surface area contributed by atoms with Crippen LogP contribution in [0.4, 0.5) is 5.69 Å². The van der Waals surface area contributed by atoms with Crippen molar-refractivity contribution in [2.45, 2.75) is 63.9 Å². The Hall–Kier alpha value is -3.35. The lowest BCUT2D eigenvalue weighted by Crippen LogP contribution is -2.59. The van der Waals surface area contributed by atoms with Crippen LogP contribution in [0.3, 0.4) is 0 Å². The second-order valence-electron chi connectivity index (χ2n) is 10.4. The monoisotopic (exact) mass is 501 g/mol. The molecule has 0 atom stereocenters. The van der Waals surface area contributed by atoms with Gasteiger partial charge in [-0.2, -0.15) is 0 Å². The van der Waals surface area contributed by atoms with Gasteiger partial charge in [0.15, 0.2) is 0 Å². The van der Waals surface area contributed by atoms with Gasteiger partial charge in [0.05, 0.1) is 25.9 Å². The number of ether oxygens (including phenoxy) is 3. The number of carbonyl (C=O) groups is 1. The Morgan fingerprint density at radius 1 is 1.00 bits per heavy atom. The molecule has 37 heavy (non-hydrogen) atoms. The summed E-state index contributed by atoms with van der Waals surface area (Å²) in [5.41, 5.74) is 7.83. The molecule has 0 heterocycles. The molecule has 6 nitrogen and oxygen atoms in total. The third-order valence-electron chi connectivity index (χ3n) is 8.02. The van der Waals surface area contributed by atoms with E-state index in [1.165, 1.54) is 11.1 Å². The van der Waals surface area contributed by atoms with E-state index in [4.69, 9.17) is 14.2 Å². The number of anilines is 1. The average molecular weight is 502 g/mol. The zero-order chi connectivity index (χ0) is 26.2. The number of fused-ring (bicyclic) bond motifs is 1. The van der Waals surface area contributed by atoms with Crippen LogP contribution in [0.5, 0.6) is 5.75 Å². The lowest BCUT2D eigenvalue weighted by molar-refractivity contribution is -0.151. The smallest absolute Gasteiger partial charge is 0.329 e. The summed E-state index contributed by atoms with van der Waals surface area (Å²) in [4.78, 5) is 12.1. The fourth-order valence-corrected chi connectivity index (χ4v) is 5.60. The molecule has 0 aliphatic heterocycles. The van der Waals surface area contributed by atoms with Crippen LogP contribution >= 0.6 is 0 Å². The van der Waals surface area contributed by atoms with Gasteiger partial charge in [0, 0.05) is 25.6 Å². The number of carboxylic acid groups (broad SMARTS) is 1. The van der Waals surface area contributed by atoms with E-state index < -0.39 is 11.5 Å². The summed E-state index contributed by atoms with van der Waals surface area (Å²) >= 11 is 0. The second kappa shape index (κ2) is 10.2. The predicted octanol–water partition coefficient (Wildman–Crippen LogP) is 5.71. The number of aryl methyl sites for hydroxylation is 1. The molecule has 0 amide bonds. The van der Waals surface area contributed by atoms with Gasteiger partial charge in [-0.3, -0.25) is 0 Å². The zero-order valence-electron chi connectivity index (χ0n) is 22.0. The van der Waals surface area contributed by atoms with Crippen molar-refractivity contribution >= 4 is 11.7 Å². The number of hydrogen-bond acceptors (Lipinski definition) is 5. The Morgan fingerprint density at radius 3 is 2.32 bits per heavy atom. The second-order valence-corrected chi connectivity index (χ2v) is 10.4. The Kier molecular flexibility index (Phi) is 6.97. The first kappa shape index (κ1) is 25.3. The van der Waals surface area contributed by atoms with Crippen molar-refractivity contribution < 1.29 is 24.1 Å². The van der Waals surface area contributed by atoms with Crippen molar-refractivity contribution in [3.8, 4) is 16.9 Å². The fraction of sp³-hybridized carbons (Fsp3) is 0.387. The van der Waals surface area contributed by atoms with Crippen LogP contribution in [0.15, 0.2) is 54.6 Å². The first-order valence-electron chi connectivity index (χ1n) is 12.8. The molecular weight excluding hydrogens is 466 g/mol. The van der Waals surface area contributed by atoms with E-state index in [9.17, 15) is 9.90 Å². The van der Waals surface area contributed by atoms with E-state index in [0.29, 0.717) is 19.4 Å². The molecule has 2 aliphatic rings. The van der Waals surface area contributed by atoms with E-state index in [1.807, 2.05) is 12.1 Å². The van der Waals surface area contributed by atoms with Crippen LogP contribution < -0.4 is 10.1 Å². The fourth-order valence-electron chi connectivity index (χ4n) is 5.60. The molecule has 0 bridgehead atoms. The van der Waals surface area contributed by atoms with Crippen LogP contribution in [0, 0.1) is 13.8 Å². The minimum absolute atomic E-state index is 0.0438. The van der Waals surface area contributed by atoms with Crippen LogP contribution in [0.25, 0.3) is 11.1 Å². The quantitative estimate of drug-likeness (QED) is 0.391. The van der Waals surface area contributed by atoms with E-state index >= 15 is 0 Å². The number of hydrogen-bond donors (Lipinski definition) is 2. The van der Waals surface area contributed by atoms with Crippen molar-refractivity contribution in [2.24, 2.45) is 0 Å². The molecule has 5 rings (SSSR count). The van der Waals surface area contributed by atoms with Gasteiger partial charge in [0.25, 0.3) is 0 Å². The van der Waals surface area contributed by atoms with Crippen molar-refractivity contribution in [1.29, 1.82) is 0 Å². The Balaban J connectivity index is 1.45. The number of benzene rings is 3. The van der Waals surface area contributed by atoms with Gasteiger partial charge in [-0.25, -0.2) is 4.79 Å². The first-order chi connectivity index (χ1) is 17.8. The van der Waals surface area contributed by atoms with Crippen LogP contribution in [0.2, 0.25) is 0 Å². The van der Waals surface area contributed by atoms with Crippen LogP contribution in [-0.4, -0.2) is 43.0 Å². The van der Waals surface area contributed by atoms with E-state index in [1.54, 1.807) is 14.2 Å². The summed E-state index contributed by atoms with van der Waals surface area (Å²) in [5.74, 6) is -0.00879. The highest BCUT2D eigenvalue weighted by molar-refractivity contribution is 5.85. The topological polar surface area (TPSA) is 77.0 Å². The van der Waals surface area contributed by atoms with Gasteiger partial charge in [0.2, 0.25) is 0 Å². The van der Waals surface area contributed by atoms with Crippen LogP contribution in [0.1, 0.15) is 40.7 Å². The Morgan fingerprint density at radius 2 is 1.70 bits per heavy atom. The average Bonchev–Trinajstić information content (AvgIpc) is 3.29. The Labute approximate surface area is 218 Å². The van der Waals surface area contributed by atoms with Gasteiger partial charge in [-0.1, -0.05) is 36.4 Å². The van der Waals surface area contributed by atoms with Crippen molar-refractivity contribution in [1.82, 2.24) is 0 Å². The largest absolute Gasteiger partial charge is 0.496 e. The van der Waals surface area contributed by atoms with Gasteiger partial charge in [0.1, 0.15) is 11.3 Å². The van der Waals surface area contributed by atoms with Crippen molar-refractivity contribution in [3.63, 3.8) is 0 Å². The zero-order valence-corrected chi connectivity index (χ0v) is 22.0. The number of methoxy groups -OCH3 is 2. The van der Waals surface area contributed by atoms with E-state index in [-0.39, 0.29) is 12.2 Å². The maximum atomic E-state index is 12.1. The Bertz CT molecular complexity index is 1290. The summed E-state index contributed by atoms with van der Waals surface area (Å²) in [6.07, 6.45) is 2.75. The van der Waals surface area contributed by atoms with Crippen molar-refractivity contribution in [3.05, 3.63) is 82.4 Å². The molecule has 1 fully saturated rings. The lowest BCUT2D eigenvalue weighted by atomic mass is 9.74. The third kappa shape index (κ3) is 4.96.